The van der Waals surface area contributed by atoms with Crippen LogP contribution in [-0.2, 0) is 0 Å². The molecule has 0 N–H and O–H groups in total. The predicted molar refractivity (Wildman–Crippen MR) is 73.2 cm³/mol. The summed E-state index contributed by atoms with van der Waals surface area (Å²) in [4.78, 5) is 11.9. The number of carbonyl (C=O) groups is 1. The van der Waals surface area contributed by atoms with Crippen LogP contribution in [0.5, 0.6) is 5.75 Å². The second-order valence-corrected chi connectivity index (χ2v) is 5.15. The van der Waals surface area contributed by atoms with Gasteiger partial charge in [-0.25, -0.2) is 9.18 Å². The highest BCUT2D eigenvalue weighted by Crippen LogP contribution is 2.26. The van der Waals surface area contributed by atoms with Crippen LogP contribution in [0.15, 0.2) is 51.4 Å². The van der Waals surface area contributed by atoms with Crippen LogP contribution in [0.3, 0.4) is 0 Å². The lowest BCUT2D eigenvalue weighted by Gasteiger charge is -2.07. The Bertz CT molecular complexity index is 599. The van der Waals surface area contributed by atoms with Gasteiger partial charge in [0.25, 0.3) is 0 Å². The highest BCUT2D eigenvalue weighted by Gasteiger charge is 2.14. The Balaban J connectivity index is 2.25. The minimum absolute atomic E-state index is 0.271. The van der Waals surface area contributed by atoms with E-state index in [9.17, 15) is 9.18 Å². The molecular weight excluding hydrogens is 367 g/mol. The van der Waals surface area contributed by atoms with Crippen molar-refractivity contribution in [2.45, 2.75) is 0 Å². The van der Waals surface area contributed by atoms with Crippen molar-refractivity contribution in [3.05, 3.63) is 62.8 Å². The van der Waals surface area contributed by atoms with Gasteiger partial charge in [0.05, 0.1) is 10.0 Å². The van der Waals surface area contributed by atoms with Gasteiger partial charge in [0.1, 0.15) is 11.6 Å². The quantitative estimate of drug-likeness (QED) is 0.569. The molecule has 0 aliphatic carbocycles. The van der Waals surface area contributed by atoms with Crippen molar-refractivity contribution in [3.8, 4) is 5.75 Å². The summed E-state index contributed by atoms with van der Waals surface area (Å²) in [5.74, 6) is -0.549. The van der Waals surface area contributed by atoms with E-state index in [4.69, 9.17) is 4.74 Å². The number of para-hydroxylation sites is 1. The van der Waals surface area contributed by atoms with Crippen molar-refractivity contribution in [3.63, 3.8) is 0 Å². The molecule has 2 aromatic carbocycles. The van der Waals surface area contributed by atoms with Crippen molar-refractivity contribution in [2.24, 2.45) is 0 Å². The molecule has 0 aliphatic heterocycles. The van der Waals surface area contributed by atoms with E-state index in [0.29, 0.717) is 14.7 Å². The summed E-state index contributed by atoms with van der Waals surface area (Å²) in [5.41, 5.74) is 0.271. The van der Waals surface area contributed by atoms with Crippen LogP contribution in [0.4, 0.5) is 4.39 Å². The Morgan fingerprint density at radius 3 is 2.44 bits per heavy atom. The van der Waals surface area contributed by atoms with Crippen molar-refractivity contribution in [1.82, 2.24) is 0 Å². The van der Waals surface area contributed by atoms with E-state index in [1.165, 1.54) is 18.2 Å². The normalized spacial score (nSPS) is 10.2. The fourth-order valence-corrected chi connectivity index (χ4v) is 2.22. The average Bonchev–Trinajstić information content (AvgIpc) is 2.32. The molecule has 2 aromatic rings. The van der Waals surface area contributed by atoms with E-state index in [2.05, 4.69) is 31.9 Å². The largest absolute Gasteiger partial charge is 0.422 e. The zero-order valence-corrected chi connectivity index (χ0v) is 12.2. The minimum Gasteiger partial charge on any atom is -0.422 e. The molecule has 18 heavy (non-hydrogen) atoms. The number of carbonyl (C=O) groups excluding carboxylic acids is 1. The van der Waals surface area contributed by atoms with Crippen LogP contribution < -0.4 is 4.74 Å². The summed E-state index contributed by atoms with van der Waals surface area (Å²) in [6.07, 6.45) is 0. The third-order valence-electron chi connectivity index (χ3n) is 2.19. The summed E-state index contributed by atoms with van der Waals surface area (Å²) in [6, 6.07) is 10.8. The summed E-state index contributed by atoms with van der Waals surface area (Å²) in [6.45, 7) is 0. The van der Waals surface area contributed by atoms with E-state index < -0.39 is 11.8 Å². The Morgan fingerprint density at radius 1 is 1.06 bits per heavy atom. The molecule has 0 unspecified atom stereocenters. The molecule has 0 saturated carbocycles. The molecule has 0 spiro atoms. The number of hydrogen-bond donors (Lipinski definition) is 0. The third kappa shape index (κ3) is 2.97. The smallest absolute Gasteiger partial charge is 0.344 e. The van der Waals surface area contributed by atoms with E-state index >= 15 is 0 Å². The SMILES string of the molecule is O=C(Oc1ccccc1Br)c1ccc(F)cc1Br. The number of ether oxygens (including phenoxy) is 1. The van der Waals surface area contributed by atoms with Gasteiger partial charge in [-0.1, -0.05) is 12.1 Å². The first-order valence-electron chi connectivity index (χ1n) is 4.99. The Labute approximate surface area is 120 Å². The monoisotopic (exact) mass is 372 g/mol. The van der Waals surface area contributed by atoms with Crippen molar-refractivity contribution >= 4 is 37.8 Å². The first kappa shape index (κ1) is 13.2. The Hall–Kier alpha value is -1.20. The van der Waals surface area contributed by atoms with Crippen LogP contribution in [-0.4, -0.2) is 5.97 Å². The summed E-state index contributed by atoms with van der Waals surface area (Å²) in [7, 11) is 0. The molecule has 0 amide bonds. The maximum Gasteiger partial charge on any atom is 0.344 e. The first-order chi connectivity index (χ1) is 8.58. The van der Waals surface area contributed by atoms with Gasteiger partial charge in [0, 0.05) is 4.47 Å². The van der Waals surface area contributed by atoms with Gasteiger partial charge in [-0.05, 0) is 62.2 Å². The maximum atomic E-state index is 12.9. The van der Waals surface area contributed by atoms with E-state index in [0.717, 1.165) is 0 Å². The topological polar surface area (TPSA) is 26.3 Å². The summed E-state index contributed by atoms with van der Waals surface area (Å²) >= 11 is 6.41. The van der Waals surface area contributed by atoms with Crippen LogP contribution in [0, 0.1) is 5.82 Å². The molecule has 5 heteroatoms. The Kier molecular flexibility index (Phi) is 4.14. The zero-order chi connectivity index (χ0) is 13.1. The van der Waals surface area contributed by atoms with Gasteiger partial charge in [0.2, 0.25) is 0 Å². The molecule has 0 atom stereocenters. The molecular formula is C13H7Br2FO2. The lowest BCUT2D eigenvalue weighted by atomic mass is 10.2. The van der Waals surface area contributed by atoms with Crippen molar-refractivity contribution in [2.75, 3.05) is 0 Å². The van der Waals surface area contributed by atoms with Crippen LogP contribution >= 0.6 is 31.9 Å². The number of rotatable bonds is 2. The molecule has 0 fully saturated rings. The zero-order valence-electron chi connectivity index (χ0n) is 8.99. The molecule has 2 nitrogen and oxygen atoms in total. The minimum atomic E-state index is -0.547. The highest BCUT2D eigenvalue weighted by molar-refractivity contribution is 9.10. The molecule has 0 aliphatic rings. The van der Waals surface area contributed by atoms with E-state index in [1.54, 1.807) is 18.2 Å². The number of halogens is 3. The Morgan fingerprint density at radius 2 is 1.78 bits per heavy atom. The summed E-state index contributed by atoms with van der Waals surface area (Å²) in [5, 5.41) is 0. The van der Waals surface area contributed by atoms with Crippen LogP contribution in [0.25, 0.3) is 0 Å². The van der Waals surface area contributed by atoms with Crippen LogP contribution in [0.1, 0.15) is 10.4 Å². The summed E-state index contributed by atoms with van der Waals surface area (Å²) < 4.78 is 19.2. The van der Waals surface area contributed by atoms with Gasteiger partial charge >= 0.3 is 5.97 Å². The number of esters is 1. The molecule has 92 valence electrons. The lowest BCUT2D eigenvalue weighted by molar-refractivity contribution is 0.0732. The van der Waals surface area contributed by atoms with Gasteiger partial charge in [-0.15, -0.1) is 0 Å². The molecule has 0 saturated heterocycles. The van der Waals surface area contributed by atoms with Gasteiger partial charge in [-0.2, -0.15) is 0 Å². The van der Waals surface area contributed by atoms with Crippen molar-refractivity contribution in [1.29, 1.82) is 0 Å². The fourth-order valence-electron chi connectivity index (χ4n) is 1.34. The standard InChI is InChI=1S/C13H7Br2FO2/c14-10-3-1-2-4-12(10)18-13(17)9-6-5-8(16)7-11(9)15/h1-7H. The van der Waals surface area contributed by atoms with Gasteiger partial charge in [-0.3, -0.25) is 0 Å². The van der Waals surface area contributed by atoms with E-state index in [-0.39, 0.29) is 5.56 Å². The fraction of sp³-hybridized carbons (Fsp3) is 0. The van der Waals surface area contributed by atoms with Gasteiger partial charge < -0.3 is 4.74 Å². The first-order valence-corrected chi connectivity index (χ1v) is 6.58. The molecule has 0 heterocycles. The molecule has 0 aromatic heterocycles. The molecule has 0 radical (unpaired) electrons. The lowest BCUT2D eigenvalue weighted by Crippen LogP contribution is -2.09. The second-order valence-electron chi connectivity index (χ2n) is 3.44. The second kappa shape index (κ2) is 5.63. The predicted octanol–water partition coefficient (Wildman–Crippen LogP) is 4.57. The number of hydrogen-bond acceptors (Lipinski definition) is 2. The molecule has 2 rings (SSSR count). The van der Waals surface area contributed by atoms with Gasteiger partial charge in [0.15, 0.2) is 0 Å². The maximum absolute atomic E-state index is 12.9. The number of benzene rings is 2. The highest BCUT2D eigenvalue weighted by atomic mass is 79.9. The molecule has 0 bridgehead atoms. The van der Waals surface area contributed by atoms with E-state index in [1.807, 2.05) is 6.07 Å². The van der Waals surface area contributed by atoms with Crippen LogP contribution in [0.2, 0.25) is 0 Å². The average molecular weight is 374 g/mol. The van der Waals surface area contributed by atoms with Crippen molar-refractivity contribution < 1.29 is 13.9 Å². The third-order valence-corrected chi connectivity index (χ3v) is 3.50.